The van der Waals surface area contributed by atoms with Gasteiger partial charge in [0.05, 0.1) is 28.6 Å². The summed E-state index contributed by atoms with van der Waals surface area (Å²) in [5, 5.41) is 11.5. The summed E-state index contributed by atoms with van der Waals surface area (Å²) in [6.07, 6.45) is 8.65. The molecule has 4 heterocycles. The maximum absolute atomic E-state index is 13.4. The van der Waals surface area contributed by atoms with Crippen LogP contribution < -0.4 is 21.1 Å². The number of fused-ring (bicyclic) bond motifs is 2. The lowest BCUT2D eigenvalue weighted by Crippen LogP contribution is -2.41. The number of hydrogen-bond donors (Lipinski definition) is 3. The van der Waals surface area contributed by atoms with Crippen molar-refractivity contribution in [3.8, 4) is 22.8 Å². The third-order valence-corrected chi connectivity index (χ3v) is 11.0. The summed E-state index contributed by atoms with van der Waals surface area (Å²) in [5.74, 6) is 0.589. The number of ether oxygens (including phenoxy) is 1. The number of benzene rings is 3. The number of carbonyl (C=O) groups excluding carboxylic acids is 5. The highest BCUT2D eigenvalue weighted by Crippen LogP contribution is 2.35. The van der Waals surface area contributed by atoms with E-state index in [4.69, 9.17) is 15.6 Å². The van der Waals surface area contributed by atoms with Crippen LogP contribution in [-0.2, 0) is 14.4 Å². The van der Waals surface area contributed by atoms with Gasteiger partial charge in [0.25, 0.3) is 11.8 Å². The zero-order valence-corrected chi connectivity index (χ0v) is 33.1. The molecule has 59 heavy (non-hydrogen) atoms. The molecule has 2 aliphatic rings. The van der Waals surface area contributed by atoms with E-state index < -0.39 is 17.9 Å². The average molecular weight is 800 g/mol. The van der Waals surface area contributed by atoms with Gasteiger partial charge >= 0.3 is 0 Å². The number of rotatable bonds is 18. The van der Waals surface area contributed by atoms with E-state index in [1.54, 1.807) is 18.2 Å². The predicted octanol–water partition coefficient (Wildman–Crippen LogP) is 6.17. The van der Waals surface area contributed by atoms with Crippen molar-refractivity contribution < 1.29 is 28.7 Å². The second kappa shape index (κ2) is 18.7. The van der Waals surface area contributed by atoms with Crippen LogP contribution in [-0.4, -0.2) is 92.2 Å². The lowest BCUT2D eigenvalue weighted by atomic mass is 10.0. The minimum Gasteiger partial charge on any atom is -0.457 e. The number of amides is 4. The molecular weight excluding hydrogens is 751 g/mol. The number of para-hydroxylation sites is 1. The summed E-state index contributed by atoms with van der Waals surface area (Å²) < 4.78 is 7.89. The molecule has 306 valence electrons. The minimum atomic E-state index is -1.02. The molecule has 0 radical (unpaired) electrons. The van der Waals surface area contributed by atoms with Gasteiger partial charge in [0, 0.05) is 50.8 Å². The quantitative estimate of drug-likeness (QED) is 0.0521. The van der Waals surface area contributed by atoms with E-state index in [9.17, 15) is 24.0 Å². The maximum atomic E-state index is 13.4. The first-order valence-electron chi connectivity index (χ1n) is 20.3. The van der Waals surface area contributed by atoms with Crippen LogP contribution in [0.25, 0.3) is 22.3 Å². The predicted molar refractivity (Wildman–Crippen MR) is 223 cm³/mol. The van der Waals surface area contributed by atoms with Gasteiger partial charge in [0.1, 0.15) is 35.6 Å². The number of anilines is 2. The van der Waals surface area contributed by atoms with Crippen molar-refractivity contribution in [2.75, 3.05) is 37.7 Å². The Bertz CT molecular complexity index is 2310. The molecule has 15 heteroatoms. The molecule has 2 aliphatic heterocycles. The van der Waals surface area contributed by atoms with Crippen LogP contribution in [0.4, 0.5) is 11.5 Å². The third kappa shape index (κ3) is 9.09. The largest absolute Gasteiger partial charge is 0.457 e. The summed E-state index contributed by atoms with van der Waals surface area (Å²) in [6.45, 7) is 1.83. The van der Waals surface area contributed by atoms with Gasteiger partial charge in [-0.05, 0) is 80.6 Å². The molecule has 0 spiro atoms. The Labute approximate surface area is 342 Å². The van der Waals surface area contributed by atoms with E-state index >= 15 is 0 Å². The molecule has 2 atom stereocenters. The van der Waals surface area contributed by atoms with Crippen molar-refractivity contribution in [2.45, 2.75) is 76.3 Å². The summed E-state index contributed by atoms with van der Waals surface area (Å²) >= 11 is 0. The number of unbranched alkanes of at least 4 members (excludes halogenated alkanes) is 4. The molecule has 2 unspecified atom stereocenters. The monoisotopic (exact) mass is 799 g/mol. The SMILES string of the molecule is CNC(=O)CCC(C=O)N1C(=O)c2cccc(NCCCCCCCC(=O)N3CCCC(n4nc(-c5ccc(Oc6ccccc6)cc5)c5c(N)ncnc54)C3)c2C1=O. The number of likely N-dealkylation sites (tertiary alicyclic amines) is 1. The van der Waals surface area contributed by atoms with Gasteiger partial charge in [-0.2, -0.15) is 5.10 Å². The Balaban J connectivity index is 0.875. The van der Waals surface area contributed by atoms with E-state index in [0.717, 1.165) is 61.2 Å². The summed E-state index contributed by atoms with van der Waals surface area (Å²) in [7, 11) is 1.49. The highest BCUT2D eigenvalue weighted by molar-refractivity contribution is 6.24. The molecule has 15 nitrogen and oxygen atoms in total. The molecular formula is C44H49N9O6. The Morgan fingerprint density at radius 1 is 0.915 bits per heavy atom. The first-order chi connectivity index (χ1) is 28.8. The van der Waals surface area contributed by atoms with Crippen molar-refractivity contribution in [2.24, 2.45) is 0 Å². The number of nitrogens with two attached hydrogens (primary N) is 1. The normalized spacial score (nSPS) is 15.6. The maximum Gasteiger partial charge on any atom is 0.264 e. The number of aldehydes is 1. The van der Waals surface area contributed by atoms with Crippen LogP contribution in [0.2, 0.25) is 0 Å². The number of aromatic nitrogens is 4. The van der Waals surface area contributed by atoms with Crippen LogP contribution in [0.5, 0.6) is 11.5 Å². The molecule has 1 saturated heterocycles. The van der Waals surface area contributed by atoms with E-state index in [1.807, 2.05) is 64.2 Å². The van der Waals surface area contributed by atoms with Gasteiger partial charge in [-0.15, -0.1) is 0 Å². The van der Waals surface area contributed by atoms with Gasteiger partial charge in [-0.25, -0.2) is 14.6 Å². The number of nitrogens with zero attached hydrogens (tertiary/aromatic N) is 6. The third-order valence-electron chi connectivity index (χ3n) is 11.0. The molecule has 4 amide bonds. The Kier molecular flexibility index (Phi) is 12.9. The zero-order chi connectivity index (χ0) is 41.3. The van der Waals surface area contributed by atoms with E-state index in [0.29, 0.717) is 66.3 Å². The van der Waals surface area contributed by atoms with Crippen molar-refractivity contribution in [3.05, 3.63) is 90.3 Å². The van der Waals surface area contributed by atoms with Crippen LogP contribution >= 0.6 is 0 Å². The van der Waals surface area contributed by atoms with E-state index in [1.165, 1.54) is 13.4 Å². The van der Waals surface area contributed by atoms with Crippen LogP contribution in [0.1, 0.15) is 91.0 Å². The van der Waals surface area contributed by atoms with Crippen molar-refractivity contribution in [3.63, 3.8) is 0 Å². The molecule has 1 fully saturated rings. The molecule has 2 aromatic heterocycles. The molecule has 0 bridgehead atoms. The number of nitrogens with one attached hydrogen (secondary N) is 2. The average Bonchev–Trinajstić information content (AvgIpc) is 3.78. The van der Waals surface area contributed by atoms with E-state index in [2.05, 4.69) is 20.6 Å². The van der Waals surface area contributed by atoms with Crippen LogP contribution in [0, 0.1) is 0 Å². The molecule has 4 N–H and O–H groups in total. The van der Waals surface area contributed by atoms with Gasteiger partial charge in [0.15, 0.2) is 5.65 Å². The second-order valence-electron chi connectivity index (χ2n) is 14.9. The topological polar surface area (TPSA) is 195 Å². The summed E-state index contributed by atoms with van der Waals surface area (Å²) in [4.78, 5) is 75.2. The number of piperidine rings is 1. The van der Waals surface area contributed by atoms with Gasteiger partial charge in [-0.1, -0.05) is 43.5 Å². The fourth-order valence-corrected chi connectivity index (χ4v) is 7.87. The molecule has 3 aromatic carbocycles. The van der Waals surface area contributed by atoms with Gasteiger partial charge in [0.2, 0.25) is 11.8 Å². The van der Waals surface area contributed by atoms with Crippen molar-refractivity contribution in [1.82, 2.24) is 34.9 Å². The number of imide groups is 1. The fraction of sp³-hybridized carbons (Fsp3) is 0.364. The van der Waals surface area contributed by atoms with Crippen molar-refractivity contribution in [1.29, 1.82) is 0 Å². The molecule has 5 aromatic rings. The summed E-state index contributed by atoms with van der Waals surface area (Å²) in [5.41, 5.74) is 9.63. The van der Waals surface area contributed by atoms with Crippen molar-refractivity contribution >= 4 is 52.5 Å². The Hall–Kier alpha value is -6.64. The lowest BCUT2D eigenvalue weighted by molar-refractivity contribution is -0.133. The highest BCUT2D eigenvalue weighted by atomic mass is 16.5. The number of carbonyl (C=O) groups is 5. The van der Waals surface area contributed by atoms with Crippen LogP contribution in [0.3, 0.4) is 0 Å². The molecule has 0 aliphatic carbocycles. The molecule has 7 rings (SSSR count). The standard InChI is InChI=1S/C44H49N9O6/c1-46-36(55)23-20-31(27-54)52-43(57)34-15-10-16-35(38(34)44(52)58)47-24-9-4-2-3-8-17-37(56)51-25-11-12-30(26-51)53-42-39(41(45)48-28-49-42)40(50-53)29-18-21-33(22-19-29)59-32-13-6-5-7-14-32/h5-7,10,13-16,18-19,21-22,27-28,30-31,47H,2-4,8-9,11-12,17,20,23-26H2,1H3,(H,46,55)(H2,45,48,49). The fourth-order valence-electron chi connectivity index (χ4n) is 7.87. The number of nitrogen functional groups attached to an aromatic ring is 1. The Morgan fingerprint density at radius 2 is 1.68 bits per heavy atom. The lowest BCUT2D eigenvalue weighted by Gasteiger charge is -2.33. The first-order valence-corrected chi connectivity index (χ1v) is 20.3. The Morgan fingerprint density at radius 3 is 2.46 bits per heavy atom. The van der Waals surface area contributed by atoms with Gasteiger partial charge < -0.3 is 30.8 Å². The summed E-state index contributed by atoms with van der Waals surface area (Å²) in [6, 6.07) is 21.2. The minimum absolute atomic E-state index is 0.0202. The highest BCUT2D eigenvalue weighted by Gasteiger charge is 2.41. The van der Waals surface area contributed by atoms with Crippen LogP contribution in [0.15, 0.2) is 79.1 Å². The van der Waals surface area contributed by atoms with Gasteiger partial charge in [-0.3, -0.25) is 24.1 Å². The molecule has 0 saturated carbocycles. The van der Waals surface area contributed by atoms with E-state index in [-0.39, 0.29) is 41.8 Å². The number of hydrogen-bond acceptors (Lipinski definition) is 11. The zero-order valence-electron chi connectivity index (χ0n) is 33.1. The smallest absolute Gasteiger partial charge is 0.264 e. The second-order valence-corrected chi connectivity index (χ2v) is 14.9. The first kappa shape index (κ1) is 40.6.